The molecule has 5 nitrogen and oxygen atoms in total. The third-order valence-electron chi connectivity index (χ3n) is 4.47. The lowest BCUT2D eigenvalue weighted by Gasteiger charge is -2.34. The number of carbonyl (C=O) groups is 1. The van der Waals surface area contributed by atoms with E-state index in [1.54, 1.807) is 11.8 Å². The summed E-state index contributed by atoms with van der Waals surface area (Å²) in [7, 11) is 0. The zero-order valence-electron chi connectivity index (χ0n) is 13.9. The van der Waals surface area contributed by atoms with E-state index in [4.69, 9.17) is 0 Å². The van der Waals surface area contributed by atoms with Crippen LogP contribution < -0.4 is 0 Å². The van der Waals surface area contributed by atoms with E-state index in [1.165, 1.54) is 0 Å². The molecule has 1 amide bonds. The number of fused-ring (bicyclic) bond motifs is 1. The van der Waals surface area contributed by atoms with Crippen LogP contribution in [-0.4, -0.2) is 64.2 Å². The summed E-state index contributed by atoms with van der Waals surface area (Å²) < 4.78 is 2.08. The quantitative estimate of drug-likeness (QED) is 0.840. The fourth-order valence-corrected chi connectivity index (χ4v) is 3.57. The summed E-state index contributed by atoms with van der Waals surface area (Å²) >= 11 is 1.74. The zero-order chi connectivity index (χ0) is 16.2. The normalized spacial score (nSPS) is 16.2. The van der Waals surface area contributed by atoms with Gasteiger partial charge in [0.1, 0.15) is 12.4 Å². The van der Waals surface area contributed by atoms with Crippen LogP contribution in [0.2, 0.25) is 0 Å². The Balaban J connectivity index is 1.78. The van der Waals surface area contributed by atoms with Crippen molar-refractivity contribution in [3.63, 3.8) is 0 Å². The van der Waals surface area contributed by atoms with Crippen LogP contribution in [0, 0.1) is 0 Å². The van der Waals surface area contributed by atoms with E-state index in [1.807, 2.05) is 23.1 Å². The maximum absolute atomic E-state index is 12.7. The van der Waals surface area contributed by atoms with E-state index in [9.17, 15) is 4.79 Å². The summed E-state index contributed by atoms with van der Waals surface area (Å²) in [6.45, 7) is 7.24. The van der Waals surface area contributed by atoms with Crippen molar-refractivity contribution >= 4 is 28.7 Å². The maximum atomic E-state index is 12.7. The van der Waals surface area contributed by atoms with Crippen molar-refractivity contribution in [2.45, 2.75) is 19.2 Å². The second-order valence-electron chi connectivity index (χ2n) is 5.85. The number of piperazine rings is 1. The molecule has 0 bridgehead atoms. The summed E-state index contributed by atoms with van der Waals surface area (Å²) in [6.07, 6.45) is 2.06. The maximum Gasteiger partial charge on any atom is 0.242 e. The lowest BCUT2D eigenvalue weighted by molar-refractivity contribution is -0.133. The van der Waals surface area contributed by atoms with Gasteiger partial charge in [0.25, 0.3) is 0 Å². The molecule has 1 aromatic heterocycles. The summed E-state index contributed by atoms with van der Waals surface area (Å²) in [5.74, 6) is 2.01. The van der Waals surface area contributed by atoms with Crippen molar-refractivity contribution in [2.24, 2.45) is 0 Å². The third-order valence-corrected chi connectivity index (χ3v) is 5.02. The molecule has 2 heterocycles. The number of benzene rings is 1. The average Bonchev–Trinajstić information content (AvgIpc) is 2.93. The smallest absolute Gasteiger partial charge is 0.242 e. The molecule has 2 aromatic rings. The van der Waals surface area contributed by atoms with E-state index in [0.717, 1.165) is 55.3 Å². The monoisotopic (exact) mass is 332 g/mol. The average molecular weight is 332 g/mol. The van der Waals surface area contributed by atoms with Crippen LogP contribution >= 0.6 is 11.8 Å². The van der Waals surface area contributed by atoms with E-state index >= 15 is 0 Å². The molecule has 3 rings (SSSR count). The molecule has 1 aromatic carbocycles. The molecule has 0 radical (unpaired) electrons. The first kappa shape index (κ1) is 16.3. The predicted molar refractivity (Wildman–Crippen MR) is 95.6 cm³/mol. The lowest BCUT2D eigenvalue weighted by atomic mass is 10.3. The number of nitrogens with zero attached hydrogens (tertiary/aromatic N) is 4. The van der Waals surface area contributed by atoms with Crippen molar-refractivity contribution in [1.82, 2.24) is 19.4 Å². The fourth-order valence-electron chi connectivity index (χ4n) is 3.09. The topological polar surface area (TPSA) is 41.4 Å². The van der Waals surface area contributed by atoms with Crippen LogP contribution in [0.15, 0.2) is 24.3 Å². The van der Waals surface area contributed by atoms with Gasteiger partial charge in [0, 0.05) is 26.2 Å². The van der Waals surface area contributed by atoms with Crippen LogP contribution in [0.1, 0.15) is 12.7 Å². The molecule has 0 atom stereocenters. The second kappa shape index (κ2) is 7.36. The largest absolute Gasteiger partial charge is 0.339 e. The van der Waals surface area contributed by atoms with Crippen molar-refractivity contribution in [1.29, 1.82) is 0 Å². The number of hydrogen-bond donors (Lipinski definition) is 0. The summed E-state index contributed by atoms with van der Waals surface area (Å²) in [5, 5.41) is 0. The van der Waals surface area contributed by atoms with Gasteiger partial charge in [-0.25, -0.2) is 4.98 Å². The number of para-hydroxylation sites is 2. The highest BCUT2D eigenvalue weighted by atomic mass is 32.2. The number of amides is 1. The molecule has 1 aliphatic heterocycles. The minimum absolute atomic E-state index is 0.200. The SMILES string of the molecule is CCN1CCN(C(=O)Cn2c(CSC)nc3ccccc32)CC1. The summed E-state index contributed by atoms with van der Waals surface area (Å²) in [4.78, 5) is 21.8. The predicted octanol–water partition coefficient (Wildman–Crippen LogP) is 2.06. The molecule has 23 heavy (non-hydrogen) atoms. The van der Waals surface area contributed by atoms with Gasteiger partial charge in [-0.1, -0.05) is 19.1 Å². The molecule has 1 fully saturated rings. The number of carbonyl (C=O) groups excluding carboxylic acids is 1. The van der Waals surface area contributed by atoms with E-state index in [-0.39, 0.29) is 5.91 Å². The highest BCUT2D eigenvalue weighted by Gasteiger charge is 2.22. The molecule has 1 saturated heterocycles. The van der Waals surface area contributed by atoms with Gasteiger partial charge in [-0.2, -0.15) is 11.8 Å². The van der Waals surface area contributed by atoms with E-state index in [2.05, 4.69) is 33.7 Å². The van der Waals surface area contributed by atoms with Gasteiger partial charge in [0.15, 0.2) is 0 Å². The standard InChI is InChI=1S/C17H24N4OS/c1-3-19-8-10-20(11-9-19)17(22)12-21-15-7-5-4-6-14(15)18-16(21)13-23-2/h4-7H,3,8-13H2,1-2H3. The molecule has 0 N–H and O–H groups in total. The fraction of sp³-hybridized carbons (Fsp3) is 0.529. The number of hydrogen-bond acceptors (Lipinski definition) is 4. The Hall–Kier alpha value is -1.53. The van der Waals surface area contributed by atoms with Crippen LogP contribution in [0.3, 0.4) is 0 Å². The molecule has 6 heteroatoms. The number of thioether (sulfide) groups is 1. The highest BCUT2D eigenvalue weighted by Crippen LogP contribution is 2.19. The van der Waals surface area contributed by atoms with Gasteiger partial charge < -0.3 is 14.4 Å². The first-order valence-corrected chi connectivity index (χ1v) is 9.55. The lowest BCUT2D eigenvalue weighted by Crippen LogP contribution is -2.49. The summed E-state index contributed by atoms with van der Waals surface area (Å²) in [6, 6.07) is 8.07. The molecule has 124 valence electrons. The number of likely N-dealkylation sites (N-methyl/N-ethyl adjacent to an activating group) is 1. The number of imidazole rings is 1. The first-order chi connectivity index (χ1) is 11.2. The molecule has 1 aliphatic rings. The van der Waals surface area contributed by atoms with Crippen molar-refractivity contribution < 1.29 is 4.79 Å². The van der Waals surface area contributed by atoms with Crippen LogP contribution in [0.4, 0.5) is 0 Å². The van der Waals surface area contributed by atoms with Gasteiger partial charge in [-0.15, -0.1) is 0 Å². The second-order valence-corrected chi connectivity index (χ2v) is 6.72. The Labute approximate surface area is 141 Å². The summed E-state index contributed by atoms with van der Waals surface area (Å²) in [5.41, 5.74) is 2.03. The third kappa shape index (κ3) is 3.53. The molecular weight excluding hydrogens is 308 g/mol. The molecule has 0 unspecified atom stereocenters. The Morgan fingerprint density at radius 1 is 1.22 bits per heavy atom. The van der Waals surface area contributed by atoms with Gasteiger partial charge >= 0.3 is 0 Å². The molecule has 0 aliphatic carbocycles. The highest BCUT2D eigenvalue weighted by molar-refractivity contribution is 7.97. The number of rotatable bonds is 5. The van der Waals surface area contributed by atoms with Crippen molar-refractivity contribution in [3.05, 3.63) is 30.1 Å². The first-order valence-electron chi connectivity index (χ1n) is 8.16. The van der Waals surface area contributed by atoms with Crippen LogP contribution in [0.25, 0.3) is 11.0 Å². The molecule has 0 spiro atoms. The van der Waals surface area contributed by atoms with Gasteiger partial charge in [0.05, 0.1) is 16.8 Å². The zero-order valence-corrected chi connectivity index (χ0v) is 14.7. The van der Waals surface area contributed by atoms with Crippen LogP contribution in [0.5, 0.6) is 0 Å². The Morgan fingerprint density at radius 3 is 2.65 bits per heavy atom. The van der Waals surface area contributed by atoms with E-state index in [0.29, 0.717) is 6.54 Å². The van der Waals surface area contributed by atoms with Gasteiger partial charge in [-0.05, 0) is 24.9 Å². The molecule has 0 saturated carbocycles. The Kier molecular flexibility index (Phi) is 5.23. The minimum Gasteiger partial charge on any atom is -0.339 e. The van der Waals surface area contributed by atoms with E-state index < -0.39 is 0 Å². The Bertz CT molecular complexity index is 676. The van der Waals surface area contributed by atoms with Crippen molar-refractivity contribution in [3.8, 4) is 0 Å². The minimum atomic E-state index is 0.200. The van der Waals surface area contributed by atoms with Gasteiger partial charge in [0.2, 0.25) is 5.91 Å². The van der Waals surface area contributed by atoms with Crippen LogP contribution in [-0.2, 0) is 17.1 Å². The Morgan fingerprint density at radius 2 is 1.96 bits per heavy atom. The number of aromatic nitrogens is 2. The molecular formula is C17H24N4OS. The van der Waals surface area contributed by atoms with Crippen molar-refractivity contribution in [2.75, 3.05) is 39.0 Å². The van der Waals surface area contributed by atoms with Gasteiger partial charge in [-0.3, -0.25) is 4.79 Å².